The standard InChI is InChI=1S/C12H14N4O2S2/c1-18-12(17)8-5-14-10(11-13-2-3-20-11)16-6-7(15-19)4-9(8)16/h2-3,7,15,19H,4-6H2,1H3/t7-/m0/s1. The zero-order chi connectivity index (χ0) is 14.1. The minimum atomic E-state index is -0.313. The molecule has 2 aliphatic heterocycles. The Balaban J connectivity index is 1.98. The summed E-state index contributed by atoms with van der Waals surface area (Å²) in [7, 11) is 1.39. The summed E-state index contributed by atoms with van der Waals surface area (Å²) in [6, 6.07) is 0.177. The molecule has 20 heavy (non-hydrogen) atoms. The van der Waals surface area contributed by atoms with Gasteiger partial charge in [0.25, 0.3) is 0 Å². The lowest BCUT2D eigenvalue weighted by Gasteiger charge is -2.26. The van der Waals surface area contributed by atoms with Crippen LogP contribution in [0.3, 0.4) is 0 Å². The Morgan fingerprint density at radius 2 is 2.50 bits per heavy atom. The Labute approximate surface area is 126 Å². The van der Waals surface area contributed by atoms with Crippen molar-refractivity contribution in [3.8, 4) is 0 Å². The van der Waals surface area contributed by atoms with Crippen molar-refractivity contribution in [1.29, 1.82) is 0 Å². The smallest absolute Gasteiger partial charge is 0.337 e. The molecular weight excluding hydrogens is 296 g/mol. The van der Waals surface area contributed by atoms with Gasteiger partial charge in [-0.3, -0.25) is 9.71 Å². The highest BCUT2D eigenvalue weighted by Crippen LogP contribution is 2.31. The lowest BCUT2D eigenvalue weighted by molar-refractivity contribution is -0.136. The van der Waals surface area contributed by atoms with E-state index in [1.54, 1.807) is 17.5 Å². The van der Waals surface area contributed by atoms with E-state index in [0.29, 0.717) is 12.1 Å². The average molecular weight is 310 g/mol. The van der Waals surface area contributed by atoms with Crippen LogP contribution in [-0.2, 0) is 9.53 Å². The van der Waals surface area contributed by atoms with Gasteiger partial charge < -0.3 is 9.64 Å². The molecule has 0 saturated carbocycles. The van der Waals surface area contributed by atoms with Crippen molar-refractivity contribution in [2.45, 2.75) is 12.5 Å². The first-order chi connectivity index (χ1) is 9.74. The number of amidine groups is 1. The number of methoxy groups -OCH3 is 1. The van der Waals surface area contributed by atoms with Crippen LogP contribution in [0, 0.1) is 0 Å². The summed E-state index contributed by atoms with van der Waals surface area (Å²) in [5, 5.41) is 2.79. The summed E-state index contributed by atoms with van der Waals surface area (Å²) in [4.78, 5) is 22.7. The van der Waals surface area contributed by atoms with Crippen molar-refractivity contribution in [3.05, 3.63) is 27.9 Å². The van der Waals surface area contributed by atoms with Gasteiger partial charge >= 0.3 is 5.97 Å². The lowest BCUT2D eigenvalue weighted by Crippen LogP contribution is -2.35. The van der Waals surface area contributed by atoms with E-state index in [4.69, 9.17) is 4.74 Å². The molecule has 6 nitrogen and oxygen atoms in total. The van der Waals surface area contributed by atoms with Gasteiger partial charge in [-0.05, 0) is 0 Å². The third-order valence-electron chi connectivity index (χ3n) is 3.40. The minimum Gasteiger partial charge on any atom is -0.466 e. The highest BCUT2D eigenvalue weighted by Gasteiger charge is 2.37. The summed E-state index contributed by atoms with van der Waals surface area (Å²) in [6.07, 6.45) is 2.49. The Morgan fingerprint density at radius 1 is 1.65 bits per heavy atom. The number of nitrogens with zero attached hydrogens (tertiary/aromatic N) is 3. The van der Waals surface area contributed by atoms with Gasteiger partial charge in [-0.2, -0.15) is 0 Å². The number of carbonyl (C=O) groups excluding carboxylic acids is 1. The monoisotopic (exact) mass is 310 g/mol. The first-order valence-corrected chi connectivity index (χ1v) is 7.49. The first kappa shape index (κ1) is 13.6. The zero-order valence-electron chi connectivity index (χ0n) is 10.9. The molecule has 106 valence electrons. The number of thiol groups is 1. The number of hydrogen-bond donors (Lipinski definition) is 2. The molecule has 1 aromatic rings. The van der Waals surface area contributed by atoms with Crippen molar-refractivity contribution in [2.24, 2.45) is 4.99 Å². The van der Waals surface area contributed by atoms with Crippen molar-refractivity contribution in [1.82, 2.24) is 14.6 Å². The Kier molecular flexibility index (Phi) is 3.77. The van der Waals surface area contributed by atoms with E-state index in [1.807, 2.05) is 10.3 Å². The number of rotatable bonds is 3. The fourth-order valence-electron chi connectivity index (χ4n) is 2.48. The normalized spacial score (nSPS) is 21.8. The van der Waals surface area contributed by atoms with Gasteiger partial charge in [-0.1, -0.05) is 12.8 Å². The molecule has 0 radical (unpaired) electrons. The Bertz CT molecular complexity index is 582. The van der Waals surface area contributed by atoms with Gasteiger partial charge in [0.1, 0.15) is 0 Å². The highest BCUT2D eigenvalue weighted by atomic mass is 32.1. The fraction of sp³-hybridized carbons (Fsp3) is 0.417. The van der Waals surface area contributed by atoms with Crippen LogP contribution >= 0.6 is 24.2 Å². The maximum absolute atomic E-state index is 11.9. The molecule has 0 bridgehead atoms. The number of ether oxygens (including phenoxy) is 1. The molecule has 3 rings (SSSR count). The molecule has 0 aromatic carbocycles. The Morgan fingerprint density at radius 3 is 3.15 bits per heavy atom. The summed E-state index contributed by atoms with van der Waals surface area (Å²) in [6.45, 7) is 1.06. The summed E-state index contributed by atoms with van der Waals surface area (Å²) < 4.78 is 7.81. The minimum absolute atomic E-state index is 0.177. The SMILES string of the molecule is COC(=O)C1=C2C[C@H](NS)CN2C(c2nccs2)=NC1. The molecule has 1 atom stereocenters. The van der Waals surface area contributed by atoms with E-state index in [1.165, 1.54) is 7.11 Å². The van der Waals surface area contributed by atoms with Crippen molar-refractivity contribution in [2.75, 3.05) is 20.2 Å². The molecule has 0 spiro atoms. The average Bonchev–Trinajstić information content (AvgIpc) is 3.14. The second-order valence-corrected chi connectivity index (χ2v) is 5.69. The predicted molar refractivity (Wildman–Crippen MR) is 79.8 cm³/mol. The summed E-state index contributed by atoms with van der Waals surface area (Å²) in [5.41, 5.74) is 1.59. The van der Waals surface area contributed by atoms with Crippen LogP contribution in [0.2, 0.25) is 0 Å². The third kappa shape index (κ3) is 2.23. The topological polar surface area (TPSA) is 66.8 Å². The Hall–Kier alpha value is -1.38. The third-order valence-corrected chi connectivity index (χ3v) is 4.53. The fourth-order valence-corrected chi connectivity index (χ4v) is 3.30. The molecule has 8 heteroatoms. The van der Waals surface area contributed by atoms with Gasteiger partial charge in [-0.25, -0.2) is 9.78 Å². The molecule has 0 amide bonds. The van der Waals surface area contributed by atoms with Crippen LogP contribution in [0.4, 0.5) is 0 Å². The number of esters is 1. The van der Waals surface area contributed by atoms with E-state index in [-0.39, 0.29) is 12.0 Å². The quantitative estimate of drug-likeness (QED) is 0.640. The summed E-state index contributed by atoms with van der Waals surface area (Å²) in [5.74, 6) is 0.514. The molecule has 0 unspecified atom stereocenters. The van der Waals surface area contributed by atoms with Crippen molar-refractivity contribution in [3.63, 3.8) is 0 Å². The van der Waals surface area contributed by atoms with E-state index < -0.39 is 0 Å². The molecule has 1 aromatic heterocycles. The number of aromatic nitrogens is 1. The number of nitrogens with one attached hydrogen (secondary N) is 1. The molecular formula is C12H14N4O2S2. The maximum Gasteiger partial charge on any atom is 0.337 e. The maximum atomic E-state index is 11.9. The number of carbonyl (C=O) groups is 1. The largest absolute Gasteiger partial charge is 0.466 e. The van der Waals surface area contributed by atoms with E-state index >= 15 is 0 Å². The highest BCUT2D eigenvalue weighted by molar-refractivity contribution is 7.78. The molecule has 2 aliphatic rings. The molecule has 3 heterocycles. The number of hydrogen-bond acceptors (Lipinski definition) is 8. The lowest BCUT2D eigenvalue weighted by atomic mass is 10.1. The second-order valence-electron chi connectivity index (χ2n) is 4.53. The number of aliphatic imine (C=N–C) groups is 1. The first-order valence-electron chi connectivity index (χ1n) is 6.16. The van der Waals surface area contributed by atoms with Gasteiger partial charge in [0.2, 0.25) is 0 Å². The molecule has 1 saturated heterocycles. The zero-order valence-corrected chi connectivity index (χ0v) is 12.6. The van der Waals surface area contributed by atoms with Crippen LogP contribution in [-0.4, -0.2) is 47.9 Å². The van der Waals surface area contributed by atoms with Crippen LogP contribution in [0.15, 0.2) is 27.8 Å². The van der Waals surface area contributed by atoms with Gasteiger partial charge in [0, 0.05) is 36.3 Å². The number of thiazole rings is 1. The molecule has 1 fully saturated rings. The van der Waals surface area contributed by atoms with Crippen LogP contribution in [0.1, 0.15) is 11.4 Å². The van der Waals surface area contributed by atoms with Crippen LogP contribution < -0.4 is 4.72 Å². The summed E-state index contributed by atoms with van der Waals surface area (Å²) >= 11 is 5.68. The van der Waals surface area contributed by atoms with E-state index in [9.17, 15) is 4.79 Å². The molecule has 1 N–H and O–H groups in total. The van der Waals surface area contributed by atoms with E-state index in [2.05, 4.69) is 27.5 Å². The second kappa shape index (κ2) is 5.55. The number of fused-ring (bicyclic) bond motifs is 1. The predicted octanol–water partition coefficient (Wildman–Crippen LogP) is 0.839. The van der Waals surface area contributed by atoms with Crippen LogP contribution in [0.25, 0.3) is 0 Å². The van der Waals surface area contributed by atoms with Crippen molar-refractivity contribution < 1.29 is 9.53 Å². The van der Waals surface area contributed by atoms with Crippen molar-refractivity contribution >= 4 is 36.0 Å². The van der Waals surface area contributed by atoms with Crippen LogP contribution in [0.5, 0.6) is 0 Å². The van der Waals surface area contributed by atoms with E-state index in [0.717, 1.165) is 29.5 Å². The molecule has 0 aliphatic carbocycles. The van der Waals surface area contributed by atoms with Gasteiger partial charge in [0.15, 0.2) is 10.8 Å². The van der Waals surface area contributed by atoms with Gasteiger partial charge in [-0.15, -0.1) is 11.3 Å². The van der Waals surface area contributed by atoms with Gasteiger partial charge in [0.05, 0.1) is 19.2 Å².